The van der Waals surface area contributed by atoms with Crippen molar-refractivity contribution in [2.24, 2.45) is 0 Å². The van der Waals surface area contributed by atoms with Crippen LogP contribution in [0.15, 0.2) is 29.1 Å². The quantitative estimate of drug-likeness (QED) is 0.750. The highest BCUT2D eigenvalue weighted by atomic mass is 16.2. The molecule has 3 aromatic rings. The summed E-state index contributed by atoms with van der Waals surface area (Å²) in [5.74, 6) is -0.00446. The molecule has 7 heteroatoms. The fourth-order valence-corrected chi connectivity index (χ4v) is 3.70. The highest BCUT2D eigenvalue weighted by Crippen LogP contribution is 2.24. The third-order valence-corrected chi connectivity index (χ3v) is 4.84. The van der Waals surface area contributed by atoms with E-state index in [9.17, 15) is 9.59 Å². The summed E-state index contributed by atoms with van der Waals surface area (Å²) in [5, 5.41) is 4.58. The summed E-state index contributed by atoms with van der Waals surface area (Å²) in [6.07, 6.45) is 1.98. The molecule has 1 fully saturated rings. The molecular formula is C18H21N5O2. The molecule has 2 aromatic heterocycles. The van der Waals surface area contributed by atoms with Gasteiger partial charge in [-0.15, -0.1) is 0 Å². The van der Waals surface area contributed by atoms with E-state index in [1.807, 2.05) is 16.5 Å². The Morgan fingerprint density at radius 1 is 1.20 bits per heavy atom. The van der Waals surface area contributed by atoms with Gasteiger partial charge in [-0.1, -0.05) is 0 Å². The normalized spacial score (nSPS) is 18.0. The summed E-state index contributed by atoms with van der Waals surface area (Å²) in [7, 11) is 0. The summed E-state index contributed by atoms with van der Waals surface area (Å²) in [6, 6.07) is 7.55. The van der Waals surface area contributed by atoms with E-state index < -0.39 is 0 Å². The third kappa shape index (κ3) is 2.86. The number of H-pyrrole nitrogens is 2. The maximum absolute atomic E-state index is 12.9. The lowest BCUT2D eigenvalue weighted by Gasteiger charge is -2.33. The van der Waals surface area contributed by atoms with Gasteiger partial charge in [-0.2, -0.15) is 5.10 Å². The number of hydrogen-bond donors (Lipinski definition) is 2. The second-order valence-corrected chi connectivity index (χ2v) is 6.76. The lowest BCUT2D eigenvalue weighted by atomic mass is 10.0. The second kappa shape index (κ2) is 5.91. The zero-order valence-electron chi connectivity index (χ0n) is 14.4. The topological polar surface area (TPSA) is 86.8 Å². The molecule has 1 aromatic carbocycles. The Labute approximate surface area is 144 Å². The van der Waals surface area contributed by atoms with Crippen molar-refractivity contribution >= 4 is 16.9 Å². The molecule has 0 saturated carbocycles. The highest BCUT2D eigenvalue weighted by Gasteiger charge is 2.27. The molecule has 3 heterocycles. The Bertz CT molecular complexity index is 996. The van der Waals surface area contributed by atoms with Crippen molar-refractivity contribution in [2.75, 3.05) is 13.1 Å². The fourth-order valence-electron chi connectivity index (χ4n) is 3.70. The van der Waals surface area contributed by atoms with E-state index in [0.717, 1.165) is 30.8 Å². The average molecular weight is 339 g/mol. The van der Waals surface area contributed by atoms with Crippen LogP contribution in [0.25, 0.3) is 11.0 Å². The SMILES string of the molecule is Cc1cc(C)n([C@H]2CCCN(C(=O)c3ccc4[nH]c(=O)[nH]c4c3)C2)n1. The van der Waals surface area contributed by atoms with E-state index in [1.165, 1.54) is 0 Å². The summed E-state index contributed by atoms with van der Waals surface area (Å²) in [5.41, 5.74) is 3.83. The molecule has 1 aliphatic heterocycles. The van der Waals surface area contributed by atoms with Gasteiger partial charge in [0.25, 0.3) is 5.91 Å². The van der Waals surface area contributed by atoms with E-state index in [4.69, 9.17) is 0 Å². The number of nitrogens with one attached hydrogen (secondary N) is 2. The lowest BCUT2D eigenvalue weighted by molar-refractivity contribution is 0.0671. The van der Waals surface area contributed by atoms with Crippen molar-refractivity contribution in [3.63, 3.8) is 0 Å². The van der Waals surface area contributed by atoms with Crippen molar-refractivity contribution in [3.05, 3.63) is 51.7 Å². The highest BCUT2D eigenvalue weighted by molar-refractivity contribution is 5.97. The molecule has 0 aliphatic carbocycles. The standard InChI is InChI=1S/C18H21N5O2/c1-11-8-12(2)23(21-11)14-4-3-7-22(10-14)17(24)13-5-6-15-16(9-13)20-18(25)19-15/h5-6,8-9,14H,3-4,7,10H2,1-2H3,(H2,19,20,25)/t14-/m0/s1. The molecule has 2 N–H and O–H groups in total. The predicted octanol–water partition coefficient (Wildman–Crippen LogP) is 2.15. The van der Waals surface area contributed by atoms with Gasteiger partial charge in [-0.25, -0.2) is 4.79 Å². The number of carbonyl (C=O) groups is 1. The average Bonchev–Trinajstić information content (AvgIpc) is 3.14. The van der Waals surface area contributed by atoms with E-state index in [2.05, 4.69) is 28.1 Å². The molecule has 1 amide bonds. The lowest BCUT2D eigenvalue weighted by Crippen LogP contribution is -2.41. The van der Waals surface area contributed by atoms with Crippen molar-refractivity contribution in [1.29, 1.82) is 0 Å². The first-order valence-electron chi connectivity index (χ1n) is 8.55. The number of imidazole rings is 1. The maximum Gasteiger partial charge on any atom is 0.323 e. The zero-order valence-corrected chi connectivity index (χ0v) is 14.4. The predicted molar refractivity (Wildman–Crippen MR) is 94.8 cm³/mol. The Kier molecular flexibility index (Phi) is 3.71. The summed E-state index contributed by atoms with van der Waals surface area (Å²) in [4.78, 5) is 31.6. The fraction of sp³-hybridized carbons (Fsp3) is 0.389. The monoisotopic (exact) mass is 339 g/mol. The number of hydrogen-bond acceptors (Lipinski definition) is 3. The van der Waals surface area contributed by atoms with Crippen LogP contribution in [0.5, 0.6) is 0 Å². The van der Waals surface area contributed by atoms with Gasteiger partial charge in [-0.05, 0) is 51.0 Å². The van der Waals surface area contributed by atoms with Crippen LogP contribution in [0.1, 0.15) is 40.6 Å². The number of amides is 1. The number of fused-ring (bicyclic) bond motifs is 1. The van der Waals surface area contributed by atoms with Gasteiger partial charge in [-0.3, -0.25) is 9.48 Å². The molecule has 4 rings (SSSR count). The molecule has 0 unspecified atom stereocenters. The number of piperidine rings is 1. The Balaban J connectivity index is 1.58. The Morgan fingerprint density at radius 2 is 2.00 bits per heavy atom. The van der Waals surface area contributed by atoms with Crippen molar-refractivity contribution in [2.45, 2.75) is 32.7 Å². The summed E-state index contributed by atoms with van der Waals surface area (Å²) >= 11 is 0. The van der Waals surface area contributed by atoms with Crippen LogP contribution < -0.4 is 5.69 Å². The van der Waals surface area contributed by atoms with E-state index in [1.54, 1.807) is 18.2 Å². The minimum atomic E-state index is -0.262. The number of carbonyl (C=O) groups excluding carboxylic acids is 1. The first-order chi connectivity index (χ1) is 12.0. The zero-order chi connectivity index (χ0) is 17.6. The minimum absolute atomic E-state index is 0.00446. The molecule has 0 radical (unpaired) electrons. The van der Waals surface area contributed by atoms with Gasteiger partial charge in [0, 0.05) is 24.3 Å². The first-order valence-corrected chi connectivity index (χ1v) is 8.55. The number of aryl methyl sites for hydroxylation is 2. The van der Waals surface area contributed by atoms with Crippen LogP contribution >= 0.6 is 0 Å². The number of aromatic nitrogens is 4. The largest absolute Gasteiger partial charge is 0.337 e. The molecule has 25 heavy (non-hydrogen) atoms. The van der Waals surface area contributed by atoms with Crippen molar-refractivity contribution in [3.8, 4) is 0 Å². The molecule has 1 saturated heterocycles. The van der Waals surface area contributed by atoms with E-state index in [-0.39, 0.29) is 17.6 Å². The number of benzene rings is 1. The van der Waals surface area contributed by atoms with E-state index in [0.29, 0.717) is 23.1 Å². The number of likely N-dealkylation sites (tertiary alicyclic amines) is 1. The minimum Gasteiger partial charge on any atom is -0.337 e. The number of rotatable bonds is 2. The molecular weight excluding hydrogens is 318 g/mol. The van der Waals surface area contributed by atoms with Crippen LogP contribution in [-0.2, 0) is 0 Å². The number of nitrogens with zero attached hydrogens (tertiary/aromatic N) is 3. The maximum atomic E-state index is 12.9. The van der Waals surface area contributed by atoms with Crippen molar-refractivity contribution < 1.29 is 4.79 Å². The van der Waals surface area contributed by atoms with Crippen LogP contribution in [-0.4, -0.2) is 43.6 Å². The Hall–Kier alpha value is -2.83. The molecule has 1 aliphatic rings. The van der Waals surface area contributed by atoms with Crippen molar-refractivity contribution in [1.82, 2.24) is 24.6 Å². The van der Waals surface area contributed by atoms with Gasteiger partial charge >= 0.3 is 5.69 Å². The van der Waals surface area contributed by atoms with Crippen LogP contribution in [0.3, 0.4) is 0 Å². The molecule has 1 atom stereocenters. The van der Waals surface area contributed by atoms with Crippen LogP contribution in [0.2, 0.25) is 0 Å². The van der Waals surface area contributed by atoms with Gasteiger partial charge in [0.05, 0.1) is 22.8 Å². The summed E-state index contributed by atoms with van der Waals surface area (Å²) in [6.45, 7) is 5.44. The molecule has 130 valence electrons. The summed E-state index contributed by atoms with van der Waals surface area (Å²) < 4.78 is 2.04. The second-order valence-electron chi connectivity index (χ2n) is 6.76. The van der Waals surface area contributed by atoms with Gasteiger partial charge in [0.1, 0.15) is 0 Å². The van der Waals surface area contributed by atoms with Crippen LogP contribution in [0.4, 0.5) is 0 Å². The van der Waals surface area contributed by atoms with Crippen LogP contribution in [0, 0.1) is 13.8 Å². The Morgan fingerprint density at radius 3 is 2.76 bits per heavy atom. The van der Waals surface area contributed by atoms with E-state index >= 15 is 0 Å². The van der Waals surface area contributed by atoms with Gasteiger partial charge in [0.15, 0.2) is 0 Å². The third-order valence-electron chi connectivity index (χ3n) is 4.84. The first kappa shape index (κ1) is 15.7. The smallest absolute Gasteiger partial charge is 0.323 e. The molecule has 0 spiro atoms. The van der Waals surface area contributed by atoms with Gasteiger partial charge in [0.2, 0.25) is 0 Å². The molecule has 0 bridgehead atoms. The number of aromatic amines is 2. The molecule has 7 nitrogen and oxygen atoms in total. The van der Waals surface area contributed by atoms with Gasteiger partial charge < -0.3 is 14.9 Å².